The maximum atomic E-state index is 11.5. The molecule has 0 aromatic heterocycles. The molecule has 0 amide bonds. The Balaban J connectivity index is 2.62. The molecule has 0 spiro atoms. The van der Waals surface area contributed by atoms with E-state index in [1.807, 2.05) is 25.1 Å². The van der Waals surface area contributed by atoms with Crippen molar-refractivity contribution in [3.63, 3.8) is 0 Å². The van der Waals surface area contributed by atoms with Crippen LogP contribution in [0.25, 0.3) is 0 Å². The Bertz CT molecular complexity index is 324. The molecular weight excluding hydrogens is 268 g/mol. The van der Waals surface area contributed by atoms with E-state index in [9.17, 15) is 4.79 Å². The van der Waals surface area contributed by atoms with Crippen LogP contribution in [0.5, 0.6) is 0 Å². The number of hydrogen-bond acceptors (Lipinski definition) is 2. The second kappa shape index (κ2) is 6.69. The molecular formula is C13H17BrO2. The third-order valence-corrected chi connectivity index (χ3v) is 3.58. The summed E-state index contributed by atoms with van der Waals surface area (Å²) >= 11 is 3.62. The van der Waals surface area contributed by atoms with Crippen LogP contribution >= 0.6 is 15.9 Å². The summed E-state index contributed by atoms with van der Waals surface area (Å²) in [6.45, 7) is 2.01. The monoisotopic (exact) mass is 284 g/mol. The van der Waals surface area contributed by atoms with Crippen LogP contribution in [0, 0.1) is 5.92 Å². The van der Waals surface area contributed by atoms with Gasteiger partial charge in [-0.2, -0.15) is 0 Å². The van der Waals surface area contributed by atoms with Gasteiger partial charge in [-0.1, -0.05) is 53.2 Å². The molecule has 0 bridgehead atoms. The molecule has 2 nitrogen and oxygen atoms in total. The van der Waals surface area contributed by atoms with Crippen LogP contribution in [0.15, 0.2) is 30.3 Å². The molecule has 3 heteroatoms. The zero-order valence-electron chi connectivity index (χ0n) is 9.65. The van der Waals surface area contributed by atoms with Gasteiger partial charge in [0.05, 0.1) is 13.0 Å². The van der Waals surface area contributed by atoms with Gasteiger partial charge in [-0.25, -0.2) is 0 Å². The van der Waals surface area contributed by atoms with E-state index in [1.54, 1.807) is 0 Å². The van der Waals surface area contributed by atoms with Gasteiger partial charge in [-0.3, -0.25) is 4.79 Å². The molecule has 0 radical (unpaired) electrons. The van der Waals surface area contributed by atoms with Gasteiger partial charge in [0.1, 0.15) is 0 Å². The van der Waals surface area contributed by atoms with Crippen LogP contribution in [0.1, 0.15) is 30.2 Å². The van der Waals surface area contributed by atoms with Crippen LogP contribution in [-0.4, -0.2) is 13.1 Å². The highest BCUT2D eigenvalue weighted by molar-refractivity contribution is 9.09. The van der Waals surface area contributed by atoms with Crippen molar-refractivity contribution in [1.82, 2.24) is 0 Å². The predicted octanol–water partition coefficient (Wildman–Crippen LogP) is 3.71. The highest BCUT2D eigenvalue weighted by Gasteiger charge is 2.21. The van der Waals surface area contributed by atoms with Crippen molar-refractivity contribution in [3.05, 3.63) is 35.9 Å². The Kier molecular flexibility index (Phi) is 5.53. The number of carbonyl (C=O) groups excluding carboxylic acids is 1. The van der Waals surface area contributed by atoms with E-state index >= 15 is 0 Å². The van der Waals surface area contributed by atoms with Crippen molar-refractivity contribution >= 4 is 21.9 Å². The van der Waals surface area contributed by atoms with Gasteiger partial charge in [0.2, 0.25) is 0 Å². The third kappa shape index (κ3) is 3.63. The Hall–Kier alpha value is -0.830. The summed E-state index contributed by atoms with van der Waals surface area (Å²) in [5, 5.41) is 0. The normalized spacial score (nSPS) is 14.2. The Labute approximate surface area is 105 Å². The highest BCUT2D eigenvalue weighted by atomic mass is 79.9. The Morgan fingerprint density at radius 1 is 1.38 bits per heavy atom. The van der Waals surface area contributed by atoms with Crippen LogP contribution < -0.4 is 0 Å². The first-order valence-corrected chi connectivity index (χ1v) is 6.37. The van der Waals surface area contributed by atoms with Gasteiger partial charge in [0, 0.05) is 4.83 Å². The summed E-state index contributed by atoms with van der Waals surface area (Å²) in [4.78, 5) is 11.7. The lowest BCUT2D eigenvalue weighted by Gasteiger charge is -2.16. The number of alkyl halides is 1. The van der Waals surface area contributed by atoms with Gasteiger partial charge in [0.15, 0.2) is 0 Å². The van der Waals surface area contributed by atoms with E-state index < -0.39 is 0 Å². The standard InChI is InChI=1S/C13H17BrO2/c1-3-10(13(15)16-2)9-12(14)11-7-5-4-6-8-11/h4-8,10,12H,3,9H2,1-2H3. The maximum Gasteiger partial charge on any atom is 0.308 e. The van der Waals surface area contributed by atoms with E-state index in [0.717, 1.165) is 12.8 Å². The number of esters is 1. The van der Waals surface area contributed by atoms with Crippen molar-refractivity contribution in [2.45, 2.75) is 24.6 Å². The topological polar surface area (TPSA) is 26.3 Å². The maximum absolute atomic E-state index is 11.5. The fraction of sp³-hybridized carbons (Fsp3) is 0.462. The number of methoxy groups -OCH3 is 1. The number of rotatable bonds is 5. The molecule has 2 unspecified atom stereocenters. The summed E-state index contributed by atoms with van der Waals surface area (Å²) < 4.78 is 4.78. The Morgan fingerprint density at radius 2 is 2.00 bits per heavy atom. The lowest BCUT2D eigenvalue weighted by Crippen LogP contribution is -2.16. The predicted molar refractivity (Wildman–Crippen MR) is 68.5 cm³/mol. The minimum Gasteiger partial charge on any atom is -0.469 e. The van der Waals surface area contributed by atoms with E-state index in [1.165, 1.54) is 12.7 Å². The van der Waals surface area contributed by atoms with Crippen molar-refractivity contribution in [2.75, 3.05) is 7.11 Å². The molecule has 0 saturated heterocycles. The highest BCUT2D eigenvalue weighted by Crippen LogP contribution is 2.31. The summed E-state index contributed by atoms with van der Waals surface area (Å²) in [6, 6.07) is 10.1. The fourth-order valence-electron chi connectivity index (χ4n) is 1.64. The van der Waals surface area contributed by atoms with Crippen LogP contribution in [0.4, 0.5) is 0 Å². The van der Waals surface area contributed by atoms with Crippen molar-refractivity contribution in [2.24, 2.45) is 5.92 Å². The molecule has 0 fully saturated rings. The first kappa shape index (κ1) is 13.2. The average molecular weight is 285 g/mol. The second-order valence-corrected chi connectivity index (χ2v) is 4.85. The van der Waals surface area contributed by atoms with Crippen molar-refractivity contribution < 1.29 is 9.53 Å². The minimum absolute atomic E-state index is 0.0328. The largest absolute Gasteiger partial charge is 0.469 e. The van der Waals surface area contributed by atoms with Crippen molar-refractivity contribution in [1.29, 1.82) is 0 Å². The summed E-state index contributed by atoms with van der Waals surface area (Å²) in [5.74, 6) is -0.155. The quantitative estimate of drug-likeness (QED) is 0.609. The van der Waals surface area contributed by atoms with Crippen molar-refractivity contribution in [3.8, 4) is 0 Å². The fourth-order valence-corrected chi connectivity index (χ4v) is 2.40. The van der Waals surface area contributed by atoms with Gasteiger partial charge in [0.25, 0.3) is 0 Å². The van der Waals surface area contributed by atoms with Gasteiger partial charge >= 0.3 is 5.97 Å². The molecule has 0 aliphatic carbocycles. The number of halogens is 1. The summed E-state index contributed by atoms with van der Waals surface area (Å²) in [7, 11) is 1.44. The Morgan fingerprint density at radius 3 is 2.50 bits per heavy atom. The first-order chi connectivity index (χ1) is 7.69. The van der Waals surface area contributed by atoms with E-state index in [0.29, 0.717) is 0 Å². The molecule has 1 aromatic carbocycles. The molecule has 0 aliphatic heterocycles. The molecule has 16 heavy (non-hydrogen) atoms. The lowest BCUT2D eigenvalue weighted by atomic mass is 9.97. The van der Waals surface area contributed by atoms with E-state index in [-0.39, 0.29) is 16.7 Å². The molecule has 2 atom stereocenters. The summed E-state index contributed by atoms with van der Waals surface area (Å²) in [6.07, 6.45) is 1.58. The molecule has 1 aromatic rings. The summed E-state index contributed by atoms with van der Waals surface area (Å²) in [5.41, 5.74) is 1.20. The number of carbonyl (C=O) groups is 1. The van der Waals surface area contributed by atoms with Gasteiger partial charge in [-0.05, 0) is 18.4 Å². The van der Waals surface area contributed by atoms with E-state index in [2.05, 4.69) is 28.1 Å². The molecule has 0 aliphatic rings. The number of hydrogen-bond donors (Lipinski definition) is 0. The molecule has 0 N–H and O–H groups in total. The molecule has 88 valence electrons. The van der Waals surface area contributed by atoms with Crippen LogP contribution in [0.3, 0.4) is 0 Å². The molecule has 1 rings (SSSR count). The zero-order chi connectivity index (χ0) is 12.0. The van der Waals surface area contributed by atoms with Gasteiger partial charge in [-0.15, -0.1) is 0 Å². The zero-order valence-corrected chi connectivity index (χ0v) is 11.2. The smallest absolute Gasteiger partial charge is 0.308 e. The second-order valence-electron chi connectivity index (χ2n) is 3.74. The number of ether oxygens (including phenoxy) is 1. The molecule has 0 saturated carbocycles. The minimum atomic E-state index is -0.122. The van der Waals surface area contributed by atoms with Gasteiger partial charge < -0.3 is 4.74 Å². The van der Waals surface area contributed by atoms with E-state index in [4.69, 9.17) is 4.74 Å². The average Bonchev–Trinajstić information content (AvgIpc) is 2.35. The first-order valence-electron chi connectivity index (χ1n) is 5.45. The number of benzene rings is 1. The van der Waals surface area contributed by atoms with Crippen LogP contribution in [0.2, 0.25) is 0 Å². The van der Waals surface area contributed by atoms with Crippen LogP contribution in [-0.2, 0) is 9.53 Å². The third-order valence-electron chi connectivity index (χ3n) is 2.68. The lowest BCUT2D eigenvalue weighted by molar-refractivity contribution is -0.145. The molecule has 0 heterocycles. The SMILES string of the molecule is CCC(CC(Br)c1ccccc1)C(=O)OC.